The van der Waals surface area contributed by atoms with E-state index in [0.717, 1.165) is 5.56 Å². The van der Waals surface area contributed by atoms with Gasteiger partial charge >= 0.3 is 0 Å². The first-order chi connectivity index (χ1) is 10.9. The summed E-state index contributed by atoms with van der Waals surface area (Å²) in [6, 6.07) is 9.05. The molecule has 0 radical (unpaired) electrons. The van der Waals surface area contributed by atoms with E-state index < -0.39 is 9.84 Å². The Labute approximate surface area is 138 Å². The standard InChI is InChI=1S/C17H25N3O2S/c1-14-12-19-20(13-14)16(3)15(2)18-10-7-11-23(21,22)17-8-5-4-6-9-17/h4-6,8-9,12-13,15-16,18H,7,10-11H2,1-3H3/t15-,16-/m1/s1. The maximum absolute atomic E-state index is 12.2. The largest absolute Gasteiger partial charge is 0.312 e. The molecular formula is C17H25N3O2S. The Morgan fingerprint density at radius 2 is 1.91 bits per heavy atom. The van der Waals surface area contributed by atoms with E-state index in [1.807, 2.05) is 30.1 Å². The van der Waals surface area contributed by atoms with Crippen molar-refractivity contribution in [1.82, 2.24) is 15.1 Å². The molecule has 2 rings (SSSR count). The number of aryl methyl sites for hydroxylation is 1. The highest BCUT2D eigenvalue weighted by atomic mass is 32.2. The average molecular weight is 335 g/mol. The van der Waals surface area contributed by atoms with Crippen LogP contribution < -0.4 is 5.32 Å². The van der Waals surface area contributed by atoms with Crippen LogP contribution in [0.15, 0.2) is 47.6 Å². The van der Waals surface area contributed by atoms with Crippen LogP contribution in [-0.4, -0.2) is 36.5 Å². The Bertz CT molecular complexity index is 710. The molecular weight excluding hydrogens is 310 g/mol. The Morgan fingerprint density at radius 3 is 2.52 bits per heavy atom. The molecule has 23 heavy (non-hydrogen) atoms. The molecule has 1 N–H and O–H groups in total. The van der Waals surface area contributed by atoms with E-state index in [9.17, 15) is 8.42 Å². The van der Waals surface area contributed by atoms with E-state index in [0.29, 0.717) is 17.9 Å². The van der Waals surface area contributed by atoms with E-state index >= 15 is 0 Å². The van der Waals surface area contributed by atoms with Gasteiger partial charge in [0.2, 0.25) is 0 Å². The van der Waals surface area contributed by atoms with Gasteiger partial charge in [0.1, 0.15) is 0 Å². The maximum Gasteiger partial charge on any atom is 0.178 e. The Balaban J connectivity index is 1.79. The lowest BCUT2D eigenvalue weighted by atomic mass is 10.1. The minimum atomic E-state index is -3.18. The van der Waals surface area contributed by atoms with Crippen LogP contribution in [0.5, 0.6) is 0 Å². The molecule has 1 aromatic carbocycles. The van der Waals surface area contributed by atoms with Gasteiger partial charge in [-0.05, 0) is 51.4 Å². The van der Waals surface area contributed by atoms with Gasteiger partial charge in [-0.25, -0.2) is 8.42 Å². The highest BCUT2D eigenvalue weighted by Gasteiger charge is 2.16. The quantitative estimate of drug-likeness (QED) is 0.753. The first-order valence-corrected chi connectivity index (χ1v) is 9.57. The summed E-state index contributed by atoms with van der Waals surface area (Å²) in [6.45, 7) is 6.87. The number of rotatable bonds is 8. The summed E-state index contributed by atoms with van der Waals surface area (Å²) < 4.78 is 26.3. The minimum Gasteiger partial charge on any atom is -0.312 e. The van der Waals surface area contributed by atoms with Crippen molar-refractivity contribution >= 4 is 9.84 Å². The van der Waals surface area contributed by atoms with E-state index in [1.54, 1.807) is 24.3 Å². The zero-order valence-corrected chi connectivity index (χ0v) is 14.8. The first-order valence-electron chi connectivity index (χ1n) is 7.92. The Morgan fingerprint density at radius 1 is 1.22 bits per heavy atom. The molecule has 126 valence electrons. The minimum absolute atomic E-state index is 0.159. The first kappa shape index (κ1) is 17.7. The normalized spacial score (nSPS) is 14.6. The number of hydrogen-bond donors (Lipinski definition) is 1. The van der Waals surface area contributed by atoms with Crippen molar-refractivity contribution in [3.05, 3.63) is 48.3 Å². The second-order valence-electron chi connectivity index (χ2n) is 5.97. The number of aromatic nitrogens is 2. The topological polar surface area (TPSA) is 64.0 Å². The van der Waals surface area contributed by atoms with Gasteiger partial charge in [0.05, 0.1) is 22.9 Å². The lowest BCUT2D eigenvalue weighted by molar-refractivity contribution is 0.367. The molecule has 1 heterocycles. The van der Waals surface area contributed by atoms with Crippen molar-refractivity contribution in [3.8, 4) is 0 Å². The van der Waals surface area contributed by atoms with Gasteiger partial charge in [-0.15, -0.1) is 0 Å². The summed E-state index contributed by atoms with van der Waals surface area (Å²) in [5.74, 6) is 0.159. The smallest absolute Gasteiger partial charge is 0.178 e. The SMILES string of the molecule is Cc1cnn([C@H](C)[C@@H](C)NCCCS(=O)(=O)c2ccccc2)c1. The van der Waals surface area contributed by atoms with Gasteiger partial charge in [0.25, 0.3) is 0 Å². The van der Waals surface area contributed by atoms with Crippen molar-refractivity contribution in [2.24, 2.45) is 0 Å². The van der Waals surface area contributed by atoms with Crippen molar-refractivity contribution in [1.29, 1.82) is 0 Å². The fourth-order valence-electron chi connectivity index (χ4n) is 2.39. The van der Waals surface area contributed by atoms with Crippen LogP contribution in [0.3, 0.4) is 0 Å². The number of hydrogen-bond acceptors (Lipinski definition) is 4. The summed E-state index contributed by atoms with van der Waals surface area (Å²) >= 11 is 0. The van der Waals surface area contributed by atoms with Crippen LogP contribution in [0.1, 0.15) is 31.9 Å². The fourth-order valence-corrected chi connectivity index (χ4v) is 3.72. The van der Waals surface area contributed by atoms with Crippen LogP contribution in [0, 0.1) is 6.92 Å². The van der Waals surface area contributed by atoms with E-state index in [1.165, 1.54) is 0 Å². The maximum atomic E-state index is 12.2. The van der Waals surface area contributed by atoms with Gasteiger partial charge in [-0.2, -0.15) is 5.10 Å². The summed E-state index contributed by atoms with van der Waals surface area (Å²) in [7, 11) is -3.18. The predicted octanol–water partition coefficient (Wildman–Crippen LogP) is 2.59. The molecule has 0 amide bonds. The Hall–Kier alpha value is -1.66. The van der Waals surface area contributed by atoms with Crippen LogP contribution in [0.2, 0.25) is 0 Å². The summed E-state index contributed by atoms with van der Waals surface area (Å²) in [5, 5.41) is 7.71. The highest BCUT2D eigenvalue weighted by molar-refractivity contribution is 7.91. The lowest BCUT2D eigenvalue weighted by Crippen LogP contribution is -2.35. The number of nitrogens with zero attached hydrogens (tertiary/aromatic N) is 2. The van der Waals surface area contributed by atoms with Gasteiger partial charge in [-0.1, -0.05) is 18.2 Å². The average Bonchev–Trinajstić information content (AvgIpc) is 2.98. The van der Waals surface area contributed by atoms with Crippen molar-refractivity contribution < 1.29 is 8.42 Å². The molecule has 0 aliphatic carbocycles. The monoisotopic (exact) mass is 335 g/mol. The molecule has 1 aromatic heterocycles. The number of sulfone groups is 1. The molecule has 0 saturated heterocycles. The zero-order chi connectivity index (χ0) is 16.9. The highest BCUT2D eigenvalue weighted by Crippen LogP contribution is 2.12. The molecule has 6 heteroatoms. The molecule has 0 spiro atoms. The third-order valence-corrected chi connectivity index (χ3v) is 5.85. The predicted molar refractivity (Wildman–Crippen MR) is 92.3 cm³/mol. The van der Waals surface area contributed by atoms with Gasteiger partial charge in [0.15, 0.2) is 9.84 Å². The molecule has 2 atom stereocenters. The van der Waals surface area contributed by atoms with Gasteiger partial charge in [0, 0.05) is 12.2 Å². The van der Waals surface area contributed by atoms with Gasteiger partial charge in [-0.3, -0.25) is 4.68 Å². The fraction of sp³-hybridized carbons (Fsp3) is 0.471. The lowest BCUT2D eigenvalue weighted by Gasteiger charge is -2.21. The molecule has 0 fully saturated rings. The van der Waals surface area contributed by atoms with Gasteiger partial charge < -0.3 is 5.32 Å². The van der Waals surface area contributed by atoms with E-state index in [2.05, 4.69) is 24.3 Å². The van der Waals surface area contributed by atoms with E-state index in [-0.39, 0.29) is 17.8 Å². The molecule has 0 unspecified atom stereocenters. The van der Waals surface area contributed by atoms with Crippen molar-refractivity contribution in [3.63, 3.8) is 0 Å². The summed E-state index contributed by atoms with van der Waals surface area (Å²) in [4.78, 5) is 0.397. The number of benzene rings is 1. The van der Waals surface area contributed by atoms with E-state index in [4.69, 9.17) is 0 Å². The summed E-state index contributed by atoms with van der Waals surface area (Å²) in [5.41, 5.74) is 1.14. The van der Waals surface area contributed by atoms with Crippen molar-refractivity contribution in [2.75, 3.05) is 12.3 Å². The van der Waals surface area contributed by atoms with Crippen LogP contribution in [0.4, 0.5) is 0 Å². The second-order valence-corrected chi connectivity index (χ2v) is 8.08. The molecule has 5 nitrogen and oxygen atoms in total. The molecule has 0 saturated carbocycles. The van der Waals surface area contributed by atoms with Crippen molar-refractivity contribution in [2.45, 2.75) is 44.2 Å². The molecule has 0 aliphatic rings. The van der Waals surface area contributed by atoms with Crippen LogP contribution in [0.25, 0.3) is 0 Å². The summed E-state index contributed by atoms with van der Waals surface area (Å²) in [6.07, 6.45) is 4.45. The molecule has 2 aromatic rings. The van der Waals surface area contributed by atoms with Crippen LogP contribution in [-0.2, 0) is 9.84 Å². The third-order valence-electron chi connectivity index (χ3n) is 4.03. The number of nitrogens with one attached hydrogen (secondary N) is 1. The Kier molecular flexibility index (Phi) is 5.96. The second kappa shape index (κ2) is 7.75. The zero-order valence-electron chi connectivity index (χ0n) is 13.9. The molecule has 0 aliphatic heterocycles. The molecule has 0 bridgehead atoms. The third kappa shape index (κ3) is 4.91. The van der Waals surface area contributed by atoms with Crippen LogP contribution >= 0.6 is 0 Å².